The summed E-state index contributed by atoms with van der Waals surface area (Å²) in [5.41, 5.74) is 11.8. The van der Waals surface area contributed by atoms with E-state index in [-0.39, 0.29) is 18.1 Å². The van der Waals surface area contributed by atoms with E-state index >= 15 is 0 Å². The van der Waals surface area contributed by atoms with Gasteiger partial charge in [-0.1, -0.05) is 0 Å². The highest BCUT2D eigenvalue weighted by molar-refractivity contribution is 5.85. The Kier molecular flexibility index (Phi) is 7.90. The van der Waals surface area contributed by atoms with Crippen LogP contribution >= 0.6 is 12.4 Å². The van der Waals surface area contributed by atoms with Crippen molar-refractivity contribution in [3.63, 3.8) is 0 Å². The Hall–Kier alpha value is -1.57. The summed E-state index contributed by atoms with van der Waals surface area (Å²) in [5.74, 6) is 0.732. The van der Waals surface area contributed by atoms with Crippen molar-refractivity contribution in [3.8, 4) is 11.5 Å². The molecule has 20 heavy (non-hydrogen) atoms. The van der Waals surface area contributed by atoms with Crippen LogP contribution in [0.15, 0.2) is 12.1 Å². The molecule has 0 heterocycles. The van der Waals surface area contributed by atoms with Gasteiger partial charge in [0, 0.05) is 6.04 Å². The monoisotopic (exact) mass is 305 g/mol. The molecule has 1 atom stereocenters. The molecule has 1 aromatic carbocycles. The molecule has 0 bridgehead atoms. The molecule has 0 saturated carbocycles. The van der Waals surface area contributed by atoms with Crippen LogP contribution in [0.2, 0.25) is 0 Å². The Bertz CT molecular complexity index is 457. The molecule has 1 aromatic rings. The molecular weight excluding hydrogens is 286 g/mol. The van der Waals surface area contributed by atoms with Gasteiger partial charge in [-0.25, -0.2) is 0 Å². The Morgan fingerprint density at radius 3 is 2.30 bits per heavy atom. The number of nitrogens with zero attached hydrogens (tertiary/aromatic N) is 1. The molecule has 4 N–H and O–H groups in total. The number of ether oxygens (including phenoxy) is 2. The minimum atomic E-state index is -0.473. The standard InChI is InChI=1S/C12H19N3O4.ClH/c1-18-11-6-8(9(14)4-3-5-13)10(15(16)17)7-12(11)19-2;/h6-7,9H,3-5,13-14H2,1-2H3;1H/t9-;/m1./s1. The van der Waals surface area contributed by atoms with E-state index in [0.717, 1.165) is 0 Å². The van der Waals surface area contributed by atoms with Crippen LogP contribution in [-0.4, -0.2) is 25.7 Å². The number of hydrogen-bond acceptors (Lipinski definition) is 6. The Morgan fingerprint density at radius 1 is 1.30 bits per heavy atom. The van der Waals surface area contributed by atoms with Crippen LogP contribution in [0.25, 0.3) is 0 Å². The van der Waals surface area contributed by atoms with Gasteiger partial charge in [0.25, 0.3) is 5.69 Å². The lowest BCUT2D eigenvalue weighted by molar-refractivity contribution is -0.385. The Balaban J connectivity index is 0.00000361. The molecule has 0 radical (unpaired) electrons. The molecule has 8 heteroatoms. The molecule has 1 rings (SSSR count). The van der Waals surface area contributed by atoms with Crippen LogP contribution in [0.4, 0.5) is 5.69 Å². The summed E-state index contributed by atoms with van der Waals surface area (Å²) in [7, 11) is 2.90. The molecular formula is C12H20ClN3O4. The van der Waals surface area contributed by atoms with Crippen LogP contribution in [-0.2, 0) is 0 Å². The second kappa shape index (κ2) is 8.57. The summed E-state index contributed by atoms with van der Waals surface area (Å²) in [4.78, 5) is 10.6. The van der Waals surface area contributed by atoms with Gasteiger partial charge in [-0.2, -0.15) is 0 Å². The van der Waals surface area contributed by atoms with E-state index in [1.807, 2.05) is 0 Å². The van der Waals surface area contributed by atoms with Crippen LogP contribution in [0, 0.1) is 10.1 Å². The molecule has 114 valence electrons. The third-order valence-electron chi connectivity index (χ3n) is 2.85. The van der Waals surface area contributed by atoms with E-state index in [1.165, 1.54) is 20.3 Å². The fraction of sp³-hybridized carbons (Fsp3) is 0.500. The largest absolute Gasteiger partial charge is 0.493 e. The molecule has 0 aliphatic carbocycles. The van der Waals surface area contributed by atoms with Crippen molar-refractivity contribution in [2.75, 3.05) is 20.8 Å². The van der Waals surface area contributed by atoms with Gasteiger partial charge in [-0.05, 0) is 25.5 Å². The molecule has 0 fully saturated rings. The van der Waals surface area contributed by atoms with E-state index in [0.29, 0.717) is 36.4 Å². The predicted octanol–water partition coefficient (Wildman–Crippen LogP) is 1.77. The van der Waals surface area contributed by atoms with Gasteiger partial charge in [-0.3, -0.25) is 10.1 Å². The van der Waals surface area contributed by atoms with E-state index in [2.05, 4.69) is 0 Å². The third kappa shape index (κ3) is 4.22. The number of nitrogens with two attached hydrogens (primary N) is 2. The highest BCUT2D eigenvalue weighted by Crippen LogP contribution is 2.37. The maximum atomic E-state index is 11.1. The lowest BCUT2D eigenvalue weighted by atomic mass is 10.0. The number of hydrogen-bond donors (Lipinski definition) is 2. The van der Waals surface area contributed by atoms with Crippen molar-refractivity contribution in [1.29, 1.82) is 0 Å². The fourth-order valence-electron chi connectivity index (χ4n) is 1.83. The number of halogens is 1. The van der Waals surface area contributed by atoms with Gasteiger partial charge in [-0.15, -0.1) is 12.4 Å². The summed E-state index contributed by atoms with van der Waals surface area (Å²) in [5, 5.41) is 11.1. The summed E-state index contributed by atoms with van der Waals surface area (Å²) in [6.07, 6.45) is 1.28. The van der Waals surface area contributed by atoms with Gasteiger partial charge in [0.05, 0.1) is 30.8 Å². The molecule has 0 unspecified atom stereocenters. The second-order valence-corrected chi connectivity index (χ2v) is 4.06. The first kappa shape index (κ1) is 18.4. The first-order valence-corrected chi connectivity index (χ1v) is 5.91. The molecule has 7 nitrogen and oxygen atoms in total. The van der Waals surface area contributed by atoms with Crippen LogP contribution < -0.4 is 20.9 Å². The second-order valence-electron chi connectivity index (χ2n) is 4.06. The molecule has 0 spiro atoms. The zero-order valence-electron chi connectivity index (χ0n) is 11.5. The van der Waals surface area contributed by atoms with Crippen molar-refractivity contribution >= 4 is 18.1 Å². The Labute approximate surface area is 123 Å². The molecule has 0 saturated heterocycles. The van der Waals surface area contributed by atoms with Crippen molar-refractivity contribution in [2.24, 2.45) is 11.5 Å². The normalized spacial score (nSPS) is 11.4. The average molecular weight is 306 g/mol. The van der Waals surface area contributed by atoms with Crippen LogP contribution in [0.5, 0.6) is 11.5 Å². The maximum Gasteiger partial charge on any atom is 0.278 e. The van der Waals surface area contributed by atoms with Gasteiger partial charge >= 0.3 is 0 Å². The molecule has 0 amide bonds. The fourth-order valence-corrected chi connectivity index (χ4v) is 1.83. The minimum Gasteiger partial charge on any atom is -0.493 e. The predicted molar refractivity (Wildman–Crippen MR) is 78.7 cm³/mol. The maximum absolute atomic E-state index is 11.1. The first-order valence-electron chi connectivity index (χ1n) is 5.91. The number of methoxy groups -OCH3 is 2. The molecule has 0 aliphatic rings. The SMILES string of the molecule is COc1cc([C@H](N)CCCN)c([N+](=O)[O-])cc1OC.Cl. The van der Waals surface area contributed by atoms with Crippen LogP contribution in [0.1, 0.15) is 24.4 Å². The third-order valence-corrected chi connectivity index (χ3v) is 2.85. The van der Waals surface area contributed by atoms with Gasteiger partial charge in [0.1, 0.15) is 0 Å². The van der Waals surface area contributed by atoms with E-state index in [9.17, 15) is 10.1 Å². The van der Waals surface area contributed by atoms with Crippen molar-refractivity contribution in [2.45, 2.75) is 18.9 Å². The van der Waals surface area contributed by atoms with Crippen LogP contribution in [0.3, 0.4) is 0 Å². The zero-order chi connectivity index (χ0) is 14.4. The van der Waals surface area contributed by atoms with E-state index < -0.39 is 11.0 Å². The minimum absolute atomic E-state index is 0. The number of benzene rings is 1. The topological polar surface area (TPSA) is 114 Å². The number of nitro benzene ring substituents is 1. The number of nitro groups is 1. The lowest BCUT2D eigenvalue weighted by Crippen LogP contribution is -2.14. The first-order chi connectivity index (χ1) is 9.04. The highest BCUT2D eigenvalue weighted by Gasteiger charge is 2.23. The van der Waals surface area contributed by atoms with Crippen molar-refractivity contribution < 1.29 is 14.4 Å². The summed E-state index contributed by atoms with van der Waals surface area (Å²) < 4.78 is 10.2. The van der Waals surface area contributed by atoms with E-state index in [1.54, 1.807) is 6.07 Å². The van der Waals surface area contributed by atoms with Gasteiger partial charge in [0.2, 0.25) is 0 Å². The Morgan fingerprint density at radius 2 is 1.85 bits per heavy atom. The van der Waals surface area contributed by atoms with Gasteiger partial charge < -0.3 is 20.9 Å². The molecule has 0 aromatic heterocycles. The summed E-state index contributed by atoms with van der Waals surface area (Å²) in [6, 6.07) is 2.43. The van der Waals surface area contributed by atoms with Gasteiger partial charge in [0.15, 0.2) is 11.5 Å². The lowest BCUT2D eigenvalue weighted by Gasteiger charge is -2.15. The summed E-state index contributed by atoms with van der Waals surface area (Å²) >= 11 is 0. The smallest absolute Gasteiger partial charge is 0.278 e. The highest BCUT2D eigenvalue weighted by atomic mass is 35.5. The van der Waals surface area contributed by atoms with Crippen molar-refractivity contribution in [3.05, 3.63) is 27.8 Å². The van der Waals surface area contributed by atoms with E-state index in [4.69, 9.17) is 20.9 Å². The molecule has 0 aliphatic heterocycles. The zero-order valence-corrected chi connectivity index (χ0v) is 12.3. The van der Waals surface area contributed by atoms with Crippen molar-refractivity contribution in [1.82, 2.24) is 0 Å². The average Bonchev–Trinajstić information content (AvgIpc) is 2.42. The number of rotatable bonds is 7. The summed E-state index contributed by atoms with van der Waals surface area (Å²) in [6.45, 7) is 0.495. The quantitative estimate of drug-likeness (QED) is 0.586.